The van der Waals surface area contributed by atoms with Crippen LogP contribution in [0.25, 0.3) is 11.2 Å². The second-order valence-electron chi connectivity index (χ2n) is 7.31. The van der Waals surface area contributed by atoms with Gasteiger partial charge in [0.25, 0.3) is 0 Å². The van der Waals surface area contributed by atoms with Gasteiger partial charge in [0.15, 0.2) is 17.7 Å². The van der Waals surface area contributed by atoms with Crippen LogP contribution in [0.4, 0.5) is 5.82 Å². The molecule has 0 spiro atoms. The summed E-state index contributed by atoms with van der Waals surface area (Å²) < 4.78 is 53.8. The van der Waals surface area contributed by atoms with E-state index in [1.165, 1.54) is 17.0 Å². The molecule has 6 N–H and O–H groups in total. The molecule has 34 heavy (non-hydrogen) atoms. The van der Waals surface area contributed by atoms with Crippen molar-refractivity contribution >= 4 is 52.1 Å². The lowest BCUT2D eigenvalue weighted by atomic mass is 9.90. The Labute approximate surface area is 197 Å². The third kappa shape index (κ3) is 5.93. The van der Waals surface area contributed by atoms with Crippen LogP contribution in [0.1, 0.15) is 19.0 Å². The predicted octanol–water partition coefficient (Wildman–Crippen LogP) is 1.76. The zero-order valence-corrected chi connectivity index (χ0v) is 21.0. The summed E-state index contributed by atoms with van der Waals surface area (Å²) in [4.78, 5) is 47.5. The number of aryl methyl sites for hydroxylation is 1. The van der Waals surface area contributed by atoms with Gasteiger partial charge in [0.05, 0.1) is 23.9 Å². The summed E-state index contributed by atoms with van der Waals surface area (Å²) in [6.07, 6.45) is 0.815. The Bertz CT molecular complexity index is 1250. The lowest BCUT2D eigenvalue weighted by Gasteiger charge is -2.27. The number of nitrogens with two attached hydrogens (primary N) is 1. The lowest BCUT2D eigenvalue weighted by molar-refractivity contribution is -0.0296. The number of fused-ring (bicyclic) bond motifs is 1. The molecule has 0 amide bonds. The molecule has 16 nitrogen and oxygen atoms in total. The maximum absolute atomic E-state index is 12.1. The number of nitrogen functional groups attached to an aromatic ring is 1. The number of hydrogen-bond donors (Lipinski definition) is 5. The van der Waals surface area contributed by atoms with E-state index >= 15 is 0 Å². The van der Waals surface area contributed by atoms with Crippen molar-refractivity contribution in [2.45, 2.75) is 31.1 Å². The first-order valence-corrected chi connectivity index (χ1v) is 14.1. The van der Waals surface area contributed by atoms with Gasteiger partial charge in [-0.1, -0.05) is 6.08 Å². The van der Waals surface area contributed by atoms with E-state index in [0.29, 0.717) is 17.0 Å². The number of alkyl halides is 1. The van der Waals surface area contributed by atoms with Crippen molar-refractivity contribution in [3.63, 3.8) is 0 Å². The number of phosphoric acid groups is 3. The fourth-order valence-electron chi connectivity index (χ4n) is 3.47. The van der Waals surface area contributed by atoms with Gasteiger partial charge in [-0.25, -0.2) is 28.6 Å². The van der Waals surface area contributed by atoms with Gasteiger partial charge < -0.3 is 30.0 Å². The van der Waals surface area contributed by atoms with E-state index in [-0.39, 0.29) is 5.82 Å². The van der Waals surface area contributed by atoms with Gasteiger partial charge in [0.2, 0.25) is 0 Å². The molecule has 3 rings (SSSR count). The second-order valence-corrected chi connectivity index (χ2v) is 12.5. The van der Waals surface area contributed by atoms with Gasteiger partial charge in [-0.15, -0.1) is 18.2 Å². The molecule has 6 atom stereocenters. The number of nitrogens with zero attached hydrogens (tertiary/aromatic N) is 4. The van der Waals surface area contributed by atoms with Gasteiger partial charge in [0, 0.05) is 5.92 Å². The Morgan fingerprint density at radius 3 is 2.50 bits per heavy atom. The van der Waals surface area contributed by atoms with Crippen molar-refractivity contribution in [1.82, 2.24) is 19.5 Å². The summed E-state index contributed by atoms with van der Waals surface area (Å²) in [6, 6.07) is 0. The molecular weight excluding hydrogens is 543 g/mol. The number of ether oxygens (including phenoxy) is 1. The maximum atomic E-state index is 12.1. The zero-order chi connectivity index (χ0) is 25.7. The SMILES string of the molecule is C=CC1C(COP(=O)(O)OP(=O)(O)OP(=O)(O)O)OC(n2cnc3c(N)nc(C)nc32)C1(C)Cl. The molecule has 1 saturated heterocycles. The lowest BCUT2D eigenvalue weighted by Crippen LogP contribution is -2.33. The molecule has 3 heterocycles. The first-order chi connectivity index (χ1) is 15.5. The minimum atomic E-state index is -5.66. The molecule has 190 valence electrons. The van der Waals surface area contributed by atoms with Crippen LogP contribution >= 0.6 is 35.1 Å². The average Bonchev–Trinajstić information content (AvgIpc) is 3.14. The van der Waals surface area contributed by atoms with Crippen LogP contribution in [0.3, 0.4) is 0 Å². The molecule has 0 aromatic carbocycles. The highest BCUT2D eigenvalue weighted by Crippen LogP contribution is 2.66. The Kier molecular flexibility index (Phi) is 7.50. The van der Waals surface area contributed by atoms with Crippen LogP contribution in [0, 0.1) is 12.8 Å². The number of rotatable bonds is 9. The van der Waals surface area contributed by atoms with Crippen molar-refractivity contribution in [2.24, 2.45) is 5.92 Å². The number of imidazole rings is 1. The van der Waals surface area contributed by atoms with Crippen molar-refractivity contribution in [2.75, 3.05) is 12.3 Å². The summed E-state index contributed by atoms with van der Waals surface area (Å²) in [6.45, 7) is 6.22. The van der Waals surface area contributed by atoms with Gasteiger partial charge >= 0.3 is 23.5 Å². The van der Waals surface area contributed by atoms with Crippen molar-refractivity contribution < 1.29 is 51.2 Å². The van der Waals surface area contributed by atoms with E-state index in [1.807, 2.05) is 0 Å². The molecule has 0 aliphatic carbocycles. The van der Waals surface area contributed by atoms with E-state index in [1.54, 1.807) is 13.8 Å². The van der Waals surface area contributed by atoms with Crippen LogP contribution < -0.4 is 5.73 Å². The fraction of sp³-hybridized carbons (Fsp3) is 0.500. The van der Waals surface area contributed by atoms with Crippen LogP contribution in [-0.4, -0.2) is 56.7 Å². The molecule has 1 aliphatic rings. The van der Waals surface area contributed by atoms with Crippen molar-refractivity contribution in [3.8, 4) is 0 Å². The first-order valence-electron chi connectivity index (χ1n) is 9.18. The summed E-state index contributed by atoms with van der Waals surface area (Å²) in [5, 5.41) is 0. The largest absolute Gasteiger partial charge is 0.490 e. The number of phosphoric ester groups is 1. The zero-order valence-electron chi connectivity index (χ0n) is 17.5. The Morgan fingerprint density at radius 2 is 1.91 bits per heavy atom. The Hall–Kier alpha value is -1.25. The van der Waals surface area contributed by atoms with Gasteiger partial charge in [0.1, 0.15) is 11.3 Å². The van der Waals surface area contributed by atoms with Crippen LogP contribution in [-0.2, 0) is 31.6 Å². The topological polar surface area (TPSA) is 239 Å². The Morgan fingerprint density at radius 1 is 1.26 bits per heavy atom. The van der Waals surface area contributed by atoms with Gasteiger partial charge in [-0.2, -0.15) is 8.62 Å². The molecule has 6 unspecified atom stereocenters. The molecule has 2 aromatic heterocycles. The number of hydrogen-bond acceptors (Lipinski definition) is 11. The highest BCUT2D eigenvalue weighted by Gasteiger charge is 2.53. The minimum absolute atomic E-state index is 0.139. The van der Waals surface area contributed by atoms with Gasteiger partial charge in [-0.05, 0) is 13.8 Å². The maximum Gasteiger partial charge on any atom is 0.490 e. The molecule has 0 saturated carbocycles. The smallest absolute Gasteiger partial charge is 0.382 e. The van der Waals surface area contributed by atoms with Crippen molar-refractivity contribution in [3.05, 3.63) is 24.8 Å². The Balaban J connectivity index is 1.82. The standard InChI is InChI=1S/C14H21ClN5O11P3/c1-4-8-9(5-28-33(24,25)31-34(26,27)30-32(21,22)23)29-13(14(8,3)15)20-6-17-10-11(16)18-7(2)19-12(10)20/h4,6,8-9,13H,1,5H2,2-3H3,(H,24,25)(H,26,27)(H2,16,18,19)(H2,21,22,23). The molecule has 0 bridgehead atoms. The predicted molar refractivity (Wildman–Crippen MR) is 116 cm³/mol. The molecular formula is C14H21ClN5O11P3. The number of aromatic nitrogens is 4. The fourth-order valence-corrected chi connectivity index (χ4v) is 6.88. The normalized spacial score (nSPS) is 29.1. The average molecular weight is 564 g/mol. The summed E-state index contributed by atoms with van der Waals surface area (Å²) >= 11 is 6.77. The third-order valence-electron chi connectivity index (χ3n) is 4.72. The molecule has 0 radical (unpaired) electrons. The van der Waals surface area contributed by atoms with Crippen LogP contribution in [0.15, 0.2) is 19.0 Å². The second kappa shape index (κ2) is 9.32. The number of halogens is 1. The summed E-state index contributed by atoms with van der Waals surface area (Å²) in [5.74, 6) is -0.199. The van der Waals surface area contributed by atoms with E-state index in [4.69, 9.17) is 36.4 Å². The van der Waals surface area contributed by atoms with E-state index in [9.17, 15) is 23.5 Å². The molecule has 1 aliphatic heterocycles. The van der Waals surface area contributed by atoms with Gasteiger partial charge in [-0.3, -0.25) is 9.09 Å². The van der Waals surface area contributed by atoms with E-state index in [2.05, 4.69) is 30.2 Å². The summed E-state index contributed by atoms with van der Waals surface area (Å²) in [5.41, 5.74) is 6.51. The van der Waals surface area contributed by atoms with Crippen molar-refractivity contribution in [1.29, 1.82) is 0 Å². The summed E-state index contributed by atoms with van der Waals surface area (Å²) in [7, 11) is -16.5. The minimum Gasteiger partial charge on any atom is -0.382 e. The number of anilines is 1. The highest BCUT2D eigenvalue weighted by atomic mass is 35.5. The molecule has 1 fully saturated rings. The highest BCUT2D eigenvalue weighted by molar-refractivity contribution is 7.66. The van der Waals surface area contributed by atoms with E-state index in [0.717, 1.165) is 0 Å². The van der Waals surface area contributed by atoms with Crippen LogP contribution in [0.5, 0.6) is 0 Å². The first kappa shape index (κ1) is 27.3. The van der Waals surface area contributed by atoms with Crippen LogP contribution in [0.2, 0.25) is 0 Å². The third-order valence-corrected chi connectivity index (χ3v) is 8.96. The van der Waals surface area contributed by atoms with E-state index < -0.39 is 53.2 Å². The quantitative estimate of drug-likeness (QED) is 0.166. The molecule has 2 aromatic rings. The monoisotopic (exact) mass is 563 g/mol. The molecule has 20 heteroatoms.